The number of nitrogens with zero attached hydrogens (tertiary/aromatic N) is 4. The quantitative estimate of drug-likeness (QED) is 0.941. The molecule has 0 saturated carbocycles. The fourth-order valence-electron chi connectivity index (χ4n) is 3.23. The Balaban J connectivity index is 1.75. The van der Waals surface area contributed by atoms with Gasteiger partial charge < -0.3 is 4.90 Å². The maximum absolute atomic E-state index is 12.7. The average Bonchev–Trinajstić information content (AvgIpc) is 3.19. The van der Waals surface area contributed by atoms with Gasteiger partial charge in [0.25, 0.3) is 5.91 Å². The Morgan fingerprint density at radius 3 is 3.09 bits per heavy atom. The van der Waals surface area contributed by atoms with Gasteiger partial charge in [0.15, 0.2) is 0 Å². The van der Waals surface area contributed by atoms with E-state index in [9.17, 15) is 4.79 Å². The van der Waals surface area contributed by atoms with Crippen LogP contribution in [0.4, 0.5) is 0 Å². The molecule has 1 aliphatic heterocycles. The number of amides is 1. The summed E-state index contributed by atoms with van der Waals surface area (Å²) >= 11 is 0. The summed E-state index contributed by atoms with van der Waals surface area (Å²) < 4.78 is 1.84. The fourth-order valence-corrected chi connectivity index (χ4v) is 3.23. The van der Waals surface area contributed by atoms with Gasteiger partial charge in [-0.15, -0.1) is 0 Å². The molecule has 3 rings (SSSR count). The Morgan fingerprint density at radius 2 is 2.36 bits per heavy atom. The van der Waals surface area contributed by atoms with E-state index >= 15 is 0 Å². The van der Waals surface area contributed by atoms with Crippen molar-refractivity contribution in [1.82, 2.24) is 24.9 Å². The van der Waals surface area contributed by atoms with E-state index in [1.54, 1.807) is 12.4 Å². The zero-order valence-corrected chi connectivity index (χ0v) is 13.2. The number of carbonyl (C=O) groups excluding carboxylic acids is 1. The molecule has 0 spiro atoms. The Hall–Kier alpha value is -2.11. The van der Waals surface area contributed by atoms with Crippen LogP contribution in [-0.4, -0.2) is 43.9 Å². The summed E-state index contributed by atoms with van der Waals surface area (Å²) in [4.78, 5) is 14.7. The third-order valence-corrected chi connectivity index (χ3v) is 4.47. The van der Waals surface area contributed by atoms with Crippen molar-refractivity contribution in [2.24, 2.45) is 0 Å². The highest BCUT2D eigenvalue weighted by molar-refractivity contribution is 5.93. The molecular formula is C16H23N5O. The molecule has 1 amide bonds. The summed E-state index contributed by atoms with van der Waals surface area (Å²) in [5.74, 6) is 0.0767. The topological polar surface area (TPSA) is 66.8 Å². The fraction of sp³-hybridized carbons (Fsp3) is 0.562. The van der Waals surface area contributed by atoms with Crippen LogP contribution in [0.5, 0.6) is 0 Å². The lowest BCUT2D eigenvalue weighted by atomic mass is 9.79. The Kier molecular flexibility index (Phi) is 4.00. The second-order valence-electron chi connectivity index (χ2n) is 6.35. The summed E-state index contributed by atoms with van der Waals surface area (Å²) in [6.07, 6.45) is 8.39. The highest BCUT2D eigenvalue weighted by Crippen LogP contribution is 2.32. The summed E-state index contributed by atoms with van der Waals surface area (Å²) in [7, 11) is 0. The van der Waals surface area contributed by atoms with Crippen molar-refractivity contribution in [2.45, 2.75) is 45.1 Å². The van der Waals surface area contributed by atoms with Crippen molar-refractivity contribution in [3.05, 3.63) is 35.9 Å². The zero-order valence-electron chi connectivity index (χ0n) is 13.2. The monoisotopic (exact) mass is 301 g/mol. The van der Waals surface area contributed by atoms with Crippen LogP contribution >= 0.6 is 0 Å². The third kappa shape index (κ3) is 2.77. The molecule has 0 aliphatic carbocycles. The number of likely N-dealkylation sites (tertiary alicyclic amines) is 1. The number of aromatic nitrogens is 4. The van der Waals surface area contributed by atoms with Gasteiger partial charge >= 0.3 is 0 Å². The van der Waals surface area contributed by atoms with Crippen LogP contribution in [0.2, 0.25) is 0 Å². The smallest absolute Gasteiger partial charge is 0.257 e. The number of nitrogens with one attached hydrogen (secondary N) is 1. The highest BCUT2D eigenvalue weighted by Gasteiger charge is 2.36. The predicted molar refractivity (Wildman–Crippen MR) is 83.6 cm³/mol. The molecule has 3 heterocycles. The van der Waals surface area contributed by atoms with Crippen molar-refractivity contribution in [1.29, 1.82) is 0 Å². The lowest BCUT2D eigenvalue weighted by Gasteiger charge is -2.39. The van der Waals surface area contributed by atoms with Crippen LogP contribution in [0.3, 0.4) is 0 Å². The number of piperidine rings is 1. The summed E-state index contributed by atoms with van der Waals surface area (Å²) in [5.41, 5.74) is 1.73. The normalized spacial score (nSPS) is 22.0. The number of hydrogen-bond donors (Lipinski definition) is 1. The van der Waals surface area contributed by atoms with Crippen LogP contribution in [0.1, 0.15) is 49.2 Å². The minimum absolute atomic E-state index is 0.0518. The molecule has 6 nitrogen and oxygen atoms in total. The zero-order chi connectivity index (χ0) is 15.6. The number of aromatic amines is 1. The minimum atomic E-state index is -0.0518. The molecule has 1 N–H and O–H groups in total. The van der Waals surface area contributed by atoms with Crippen LogP contribution in [0, 0.1) is 0 Å². The van der Waals surface area contributed by atoms with Crippen molar-refractivity contribution in [3.8, 4) is 0 Å². The first kappa shape index (κ1) is 14.8. The molecule has 0 aromatic carbocycles. The van der Waals surface area contributed by atoms with E-state index in [1.807, 2.05) is 21.8 Å². The second-order valence-corrected chi connectivity index (χ2v) is 6.35. The van der Waals surface area contributed by atoms with Crippen LogP contribution in [0.15, 0.2) is 24.7 Å². The molecule has 1 fully saturated rings. The van der Waals surface area contributed by atoms with Gasteiger partial charge in [0, 0.05) is 43.1 Å². The summed E-state index contributed by atoms with van der Waals surface area (Å²) in [6, 6.07) is 2.01. The lowest BCUT2D eigenvalue weighted by molar-refractivity contribution is 0.0647. The van der Waals surface area contributed by atoms with E-state index in [4.69, 9.17) is 0 Å². The summed E-state index contributed by atoms with van der Waals surface area (Å²) in [6.45, 7) is 6.66. The van der Waals surface area contributed by atoms with E-state index in [-0.39, 0.29) is 11.3 Å². The van der Waals surface area contributed by atoms with Crippen molar-refractivity contribution >= 4 is 5.91 Å². The molecule has 0 radical (unpaired) electrons. The van der Waals surface area contributed by atoms with Crippen molar-refractivity contribution < 1.29 is 4.79 Å². The largest absolute Gasteiger partial charge is 0.338 e. The maximum Gasteiger partial charge on any atom is 0.257 e. The first-order chi connectivity index (χ1) is 10.6. The van der Waals surface area contributed by atoms with Gasteiger partial charge in [0.05, 0.1) is 11.8 Å². The molecule has 1 unspecified atom stereocenters. The predicted octanol–water partition coefficient (Wildman–Crippen LogP) is 2.21. The molecule has 1 atom stereocenters. The number of carbonyl (C=O) groups is 1. The van der Waals surface area contributed by atoms with Gasteiger partial charge in [0.2, 0.25) is 0 Å². The Morgan fingerprint density at radius 1 is 1.50 bits per heavy atom. The maximum atomic E-state index is 12.7. The van der Waals surface area contributed by atoms with Gasteiger partial charge in [-0.05, 0) is 25.3 Å². The van der Waals surface area contributed by atoms with Gasteiger partial charge in [-0.25, -0.2) is 0 Å². The molecule has 22 heavy (non-hydrogen) atoms. The van der Waals surface area contributed by atoms with E-state index in [0.717, 1.165) is 38.0 Å². The van der Waals surface area contributed by atoms with Gasteiger partial charge in [-0.2, -0.15) is 10.2 Å². The molecule has 2 aromatic rings. The standard InChI is InChI=1S/C16H23N5O/c1-3-8-21-11-13(10-18-21)15(22)20-9-4-6-16(2,12-20)14-5-7-17-19-14/h5,7,10-11H,3-4,6,8-9,12H2,1-2H3,(H,17,19). The SMILES string of the molecule is CCCn1cc(C(=O)N2CCCC(C)(c3ccn[nH]3)C2)cn1. The first-order valence-electron chi connectivity index (χ1n) is 7.94. The molecule has 118 valence electrons. The van der Waals surface area contributed by atoms with Gasteiger partial charge in [0.1, 0.15) is 0 Å². The Bertz CT molecular complexity index is 633. The lowest BCUT2D eigenvalue weighted by Crippen LogP contribution is -2.47. The second kappa shape index (κ2) is 5.94. The Labute approximate surface area is 130 Å². The van der Waals surface area contributed by atoms with Crippen molar-refractivity contribution in [2.75, 3.05) is 13.1 Å². The number of hydrogen-bond acceptors (Lipinski definition) is 3. The molecule has 1 saturated heterocycles. The van der Waals surface area contributed by atoms with E-state index < -0.39 is 0 Å². The molecule has 0 bridgehead atoms. The molecular weight excluding hydrogens is 278 g/mol. The van der Waals surface area contributed by atoms with Crippen molar-refractivity contribution in [3.63, 3.8) is 0 Å². The molecule has 6 heteroatoms. The van der Waals surface area contributed by atoms with E-state index in [2.05, 4.69) is 29.1 Å². The van der Waals surface area contributed by atoms with Gasteiger partial charge in [-0.1, -0.05) is 13.8 Å². The van der Waals surface area contributed by atoms with E-state index in [0.29, 0.717) is 12.1 Å². The van der Waals surface area contributed by atoms with Crippen LogP contribution in [-0.2, 0) is 12.0 Å². The summed E-state index contributed by atoms with van der Waals surface area (Å²) in [5, 5.41) is 11.4. The number of aryl methyl sites for hydroxylation is 1. The van der Waals surface area contributed by atoms with Crippen LogP contribution < -0.4 is 0 Å². The van der Waals surface area contributed by atoms with Crippen LogP contribution in [0.25, 0.3) is 0 Å². The third-order valence-electron chi connectivity index (χ3n) is 4.47. The minimum Gasteiger partial charge on any atom is -0.338 e. The molecule has 1 aliphatic rings. The highest BCUT2D eigenvalue weighted by atomic mass is 16.2. The number of rotatable bonds is 4. The average molecular weight is 301 g/mol. The van der Waals surface area contributed by atoms with E-state index in [1.165, 1.54) is 0 Å². The molecule has 2 aromatic heterocycles. The first-order valence-corrected chi connectivity index (χ1v) is 7.94. The van der Waals surface area contributed by atoms with Gasteiger partial charge in [-0.3, -0.25) is 14.6 Å². The number of H-pyrrole nitrogens is 1.